The van der Waals surface area contributed by atoms with E-state index >= 15 is 0 Å². The van der Waals surface area contributed by atoms with Gasteiger partial charge in [-0.3, -0.25) is 4.79 Å². The van der Waals surface area contributed by atoms with E-state index < -0.39 is 11.9 Å². The predicted molar refractivity (Wildman–Crippen MR) is 84.6 cm³/mol. The van der Waals surface area contributed by atoms with Crippen LogP contribution < -0.4 is 5.32 Å². The molecule has 1 heterocycles. The molecule has 1 N–H and O–H groups in total. The summed E-state index contributed by atoms with van der Waals surface area (Å²) >= 11 is 1.28. The van der Waals surface area contributed by atoms with Crippen molar-refractivity contribution < 1.29 is 14.3 Å². The highest BCUT2D eigenvalue weighted by Crippen LogP contribution is 2.35. The van der Waals surface area contributed by atoms with Crippen molar-refractivity contribution in [3.8, 4) is 16.5 Å². The Balaban J connectivity index is 2.37. The van der Waals surface area contributed by atoms with Gasteiger partial charge in [-0.1, -0.05) is 30.3 Å². The van der Waals surface area contributed by atoms with Gasteiger partial charge in [0.15, 0.2) is 0 Å². The van der Waals surface area contributed by atoms with Gasteiger partial charge in [0.2, 0.25) is 5.91 Å². The molecule has 0 aliphatic carbocycles. The summed E-state index contributed by atoms with van der Waals surface area (Å²) in [6.07, 6.45) is -0.263. The molecule has 0 radical (unpaired) electrons. The van der Waals surface area contributed by atoms with Gasteiger partial charge >= 0.3 is 5.97 Å². The van der Waals surface area contributed by atoms with Gasteiger partial charge in [-0.2, -0.15) is 5.26 Å². The Morgan fingerprint density at radius 2 is 2.05 bits per heavy atom. The second-order valence-corrected chi connectivity index (χ2v) is 5.38. The molecule has 0 saturated heterocycles. The molecule has 0 bridgehead atoms. The van der Waals surface area contributed by atoms with E-state index in [2.05, 4.69) is 5.32 Å². The second-order valence-electron chi connectivity index (χ2n) is 4.32. The first kappa shape index (κ1) is 15.7. The first-order valence-corrected chi connectivity index (χ1v) is 7.50. The van der Waals surface area contributed by atoms with Crippen LogP contribution in [0.25, 0.3) is 10.4 Å². The number of nitriles is 1. The minimum Gasteiger partial charge on any atom is -0.462 e. The van der Waals surface area contributed by atoms with Crippen molar-refractivity contribution >= 4 is 28.2 Å². The normalized spacial score (nSPS) is 9.82. The summed E-state index contributed by atoms with van der Waals surface area (Å²) in [5, 5.41) is 11.6. The van der Waals surface area contributed by atoms with Gasteiger partial charge in [0.25, 0.3) is 0 Å². The van der Waals surface area contributed by atoms with Crippen LogP contribution in [0.2, 0.25) is 0 Å². The summed E-state index contributed by atoms with van der Waals surface area (Å²) in [5.74, 6) is -0.942. The summed E-state index contributed by atoms with van der Waals surface area (Å²) in [4.78, 5) is 24.5. The summed E-state index contributed by atoms with van der Waals surface area (Å²) in [6, 6.07) is 13.0. The van der Waals surface area contributed by atoms with Crippen molar-refractivity contribution in [2.45, 2.75) is 13.3 Å². The Morgan fingerprint density at radius 3 is 2.68 bits per heavy atom. The summed E-state index contributed by atoms with van der Waals surface area (Å²) in [7, 11) is 0. The highest BCUT2D eigenvalue weighted by Gasteiger charge is 2.19. The lowest BCUT2D eigenvalue weighted by molar-refractivity contribution is -0.115. The Bertz CT molecular complexity index is 717. The van der Waals surface area contributed by atoms with Crippen LogP contribution in [0, 0.1) is 11.3 Å². The minimum absolute atomic E-state index is 0.251. The maximum Gasteiger partial charge on any atom is 0.341 e. The molecule has 0 aliphatic rings. The number of hydrogen-bond acceptors (Lipinski definition) is 5. The van der Waals surface area contributed by atoms with Crippen molar-refractivity contribution in [1.29, 1.82) is 5.26 Å². The van der Waals surface area contributed by atoms with Gasteiger partial charge in [-0.15, -0.1) is 11.3 Å². The number of esters is 1. The number of amides is 1. The SMILES string of the molecule is CCOC(=O)c1cc(-c2ccccc2)sc1NC(=O)CC#N. The van der Waals surface area contributed by atoms with Crippen LogP contribution in [0.1, 0.15) is 23.7 Å². The number of benzene rings is 1. The van der Waals surface area contributed by atoms with Gasteiger partial charge < -0.3 is 10.1 Å². The molecule has 0 fully saturated rings. The molecule has 0 aliphatic heterocycles. The van der Waals surface area contributed by atoms with Crippen LogP contribution in [-0.2, 0) is 9.53 Å². The molecule has 2 rings (SSSR count). The zero-order chi connectivity index (χ0) is 15.9. The molecule has 0 spiro atoms. The molecule has 22 heavy (non-hydrogen) atoms. The number of carbonyl (C=O) groups is 2. The van der Waals surface area contributed by atoms with Gasteiger partial charge in [-0.25, -0.2) is 4.79 Å². The number of anilines is 1. The average Bonchev–Trinajstić information content (AvgIpc) is 2.92. The average molecular weight is 314 g/mol. The highest BCUT2D eigenvalue weighted by atomic mass is 32.1. The maximum atomic E-state index is 12.0. The van der Waals surface area contributed by atoms with Crippen molar-refractivity contribution in [1.82, 2.24) is 0 Å². The van der Waals surface area contributed by atoms with E-state index in [1.165, 1.54) is 11.3 Å². The number of ether oxygens (including phenoxy) is 1. The first-order valence-electron chi connectivity index (χ1n) is 6.69. The lowest BCUT2D eigenvalue weighted by atomic mass is 10.1. The van der Waals surface area contributed by atoms with Crippen molar-refractivity contribution in [2.75, 3.05) is 11.9 Å². The van der Waals surface area contributed by atoms with Crippen molar-refractivity contribution in [3.63, 3.8) is 0 Å². The van der Waals surface area contributed by atoms with Crippen molar-refractivity contribution in [2.24, 2.45) is 0 Å². The highest BCUT2D eigenvalue weighted by molar-refractivity contribution is 7.20. The van der Waals surface area contributed by atoms with Crippen LogP contribution in [0.4, 0.5) is 5.00 Å². The Kier molecular flexibility index (Phi) is 5.28. The number of nitrogens with one attached hydrogen (secondary N) is 1. The Labute approximate surface area is 132 Å². The van der Waals surface area contributed by atoms with Crippen LogP contribution >= 0.6 is 11.3 Å². The van der Waals surface area contributed by atoms with E-state index in [0.29, 0.717) is 10.6 Å². The third kappa shape index (κ3) is 3.71. The molecule has 2 aromatic rings. The zero-order valence-corrected chi connectivity index (χ0v) is 12.8. The largest absolute Gasteiger partial charge is 0.462 e. The minimum atomic E-state index is -0.492. The predicted octanol–water partition coefficient (Wildman–Crippen LogP) is 3.44. The van der Waals surface area contributed by atoms with E-state index in [1.54, 1.807) is 19.1 Å². The van der Waals surface area contributed by atoms with E-state index in [1.807, 2.05) is 30.3 Å². The van der Waals surface area contributed by atoms with Gasteiger partial charge in [0.1, 0.15) is 11.4 Å². The van der Waals surface area contributed by atoms with Gasteiger partial charge in [0, 0.05) is 4.88 Å². The molecule has 5 nitrogen and oxygen atoms in total. The fourth-order valence-corrected chi connectivity index (χ4v) is 2.90. The van der Waals surface area contributed by atoms with E-state index in [-0.39, 0.29) is 13.0 Å². The molecule has 6 heteroatoms. The van der Waals surface area contributed by atoms with Crippen LogP contribution in [-0.4, -0.2) is 18.5 Å². The number of hydrogen-bond donors (Lipinski definition) is 1. The maximum absolute atomic E-state index is 12.0. The first-order chi connectivity index (χ1) is 10.7. The summed E-state index contributed by atoms with van der Waals surface area (Å²) in [5.41, 5.74) is 1.25. The fraction of sp³-hybridized carbons (Fsp3) is 0.188. The quantitative estimate of drug-likeness (QED) is 0.857. The lowest BCUT2D eigenvalue weighted by Gasteiger charge is -2.03. The van der Waals surface area contributed by atoms with Crippen LogP contribution in [0.5, 0.6) is 0 Å². The molecule has 1 aromatic carbocycles. The molecule has 0 unspecified atom stereocenters. The third-order valence-electron chi connectivity index (χ3n) is 2.78. The molecule has 1 amide bonds. The zero-order valence-electron chi connectivity index (χ0n) is 12.0. The van der Waals surface area contributed by atoms with Crippen LogP contribution in [0.15, 0.2) is 36.4 Å². The van der Waals surface area contributed by atoms with E-state index in [4.69, 9.17) is 10.00 Å². The second kappa shape index (κ2) is 7.38. The Morgan fingerprint density at radius 1 is 1.32 bits per heavy atom. The molecule has 112 valence electrons. The van der Waals surface area contributed by atoms with Crippen LogP contribution in [0.3, 0.4) is 0 Å². The monoisotopic (exact) mass is 314 g/mol. The van der Waals surface area contributed by atoms with E-state index in [0.717, 1.165) is 10.4 Å². The topological polar surface area (TPSA) is 79.2 Å². The Hall–Kier alpha value is -2.65. The number of thiophene rings is 1. The van der Waals surface area contributed by atoms with Gasteiger partial charge in [0.05, 0.1) is 18.2 Å². The number of carbonyl (C=O) groups excluding carboxylic acids is 2. The molecular formula is C16H14N2O3S. The molecule has 1 aromatic heterocycles. The molecule has 0 saturated carbocycles. The summed E-state index contributed by atoms with van der Waals surface area (Å²) < 4.78 is 5.01. The summed E-state index contributed by atoms with van der Waals surface area (Å²) in [6.45, 7) is 1.97. The lowest BCUT2D eigenvalue weighted by Crippen LogP contribution is -2.13. The third-order valence-corrected chi connectivity index (χ3v) is 3.88. The number of nitrogens with zero attached hydrogens (tertiary/aromatic N) is 1. The molecular weight excluding hydrogens is 300 g/mol. The van der Waals surface area contributed by atoms with Crippen molar-refractivity contribution in [3.05, 3.63) is 42.0 Å². The standard InChI is InChI=1S/C16H14N2O3S/c1-2-21-16(20)12-10-13(11-6-4-3-5-7-11)22-15(12)18-14(19)8-9-17/h3-7,10H,2,8H2,1H3,(H,18,19). The van der Waals surface area contributed by atoms with Gasteiger partial charge in [-0.05, 0) is 18.6 Å². The van der Waals surface area contributed by atoms with E-state index in [9.17, 15) is 9.59 Å². The smallest absolute Gasteiger partial charge is 0.341 e. The number of rotatable bonds is 5. The fourth-order valence-electron chi connectivity index (χ4n) is 1.83. The molecule has 0 atom stereocenters.